The molecule has 2 heterocycles. The summed E-state index contributed by atoms with van der Waals surface area (Å²) < 4.78 is 12.5. The lowest BCUT2D eigenvalue weighted by atomic mass is 9.99. The number of carbonyl (C=O) groups is 1. The number of para-hydroxylation sites is 1. The summed E-state index contributed by atoms with van der Waals surface area (Å²) in [5.74, 6) is 0.751. The smallest absolute Gasteiger partial charge is 0.275 e. The number of ether oxygens (including phenoxy) is 2. The van der Waals surface area contributed by atoms with E-state index in [9.17, 15) is 14.7 Å². The Morgan fingerprint density at radius 2 is 1.71 bits per heavy atom. The number of aromatic hydroxyl groups is 1. The fourth-order valence-corrected chi connectivity index (χ4v) is 4.84. The van der Waals surface area contributed by atoms with Crippen molar-refractivity contribution in [2.24, 2.45) is 5.92 Å². The number of hydrogen-bond acceptors (Lipinski definition) is 6. The van der Waals surface area contributed by atoms with Crippen LogP contribution in [0.25, 0.3) is 5.69 Å². The second-order valence-corrected chi connectivity index (χ2v) is 9.17. The minimum Gasteiger partial charge on any atom is -0.494 e. The Labute approximate surface area is 203 Å². The first-order valence-electron chi connectivity index (χ1n) is 11.9. The van der Waals surface area contributed by atoms with Gasteiger partial charge in [0.05, 0.1) is 14.2 Å². The summed E-state index contributed by atoms with van der Waals surface area (Å²) in [6, 6.07) is 15.2. The third-order valence-electron chi connectivity index (χ3n) is 6.89. The molecule has 1 amide bonds. The Hall–Kier alpha value is -3.81. The lowest BCUT2D eigenvalue weighted by Crippen LogP contribution is -2.37. The van der Waals surface area contributed by atoms with Crippen LogP contribution in [0.5, 0.6) is 17.4 Å². The maximum atomic E-state index is 13.9. The monoisotopic (exact) mass is 475 g/mol. The van der Waals surface area contributed by atoms with Gasteiger partial charge < -0.3 is 19.5 Å². The highest BCUT2D eigenvalue weighted by Gasteiger charge is 2.34. The minimum absolute atomic E-state index is 0.181. The van der Waals surface area contributed by atoms with Gasteiger partial charge in [0.15, 0.2) is 5.56 Å². The van der Waals surface area contributed by atoms with E-state index >= 15 is 0 Å². The van der Waals surface area contributed by atoms with E-state index in [1.807, 2.05) is 30.3 Å². The summed E-state index contributed by atoms with van der Waals surface area (Å²) in [5.41, 5.74) is 0.583. The van der Waals surface area contributed by atoms with Gasteiger partial charge in [-0.1, -0.05) is 36.4 Å². The predicted molar refractivity (Wildman–Crippen MR) is 131 cm³/mol. The molecular weight excluding hydrogens is 446 g/mol. The standard InChI is InChI=1S/C27H29N3O5/c1-34-20-9-6-10-21(35-2)24(20)30-22(15-17-11-12-17)28-25(31)23(27(30)33)26(32)29-14-13-19(16-29)18-7-4-3-5-8-18/h3-10,17,19,31H,11-16H2,1-2H3. The molecule has 182 valence electrons. The molecule has 3 aromatic rings. The van der Waals surface area contributed by atoms with Crippen LogP contribution in [0.15, 0.2) is 53.3 Å². The van der Waals surface area contributed by atoms with Crippen molar-refractivity contribution in [1.82, 2.24) is 14.5 Å². The predicted octanol–water partition coefficient (Wildman–Crippen LogP) is 3.54. The average molecular weight is 476 g/mol. The third kappa shape index (κ3) is 4.36. The maximum absolute atomic E-state index is 13.9. The van der Waals surface area contributed by atoms with Crippen LogP contribution in [0, 0.1) is 5.92 Å². The highest BCUT2D eigenvalue weighted by Crippen LogP contribution is 2.37. The van der Waals surface area contributed by atoms with Gasteiger partial charge in [-0.3, -0.25) is 14.2 Å². The number of benzene rings is 2. The molecular formula is C27H29N3O5. The van der Waals surface area contributed by atoms with Gasteiger partial charge in [0.2, 0.25) is 5.88 Å². The average Bonchev–Trinajstić information content (AvgIpc) is 3.55. The van der Waals surface area contributed by atoms with E-state index in [-0.39, 0.29) is 11.5 Å². The van der Waals surface area contributed by atoms with Crippen molar-refractivity contribution >= 4 is 5.91 Å². The van der Waals surface area contributed by atoms with Crippen molar-refractivity contribution in [2.45, 2.75) is 31.6 Å². The van der Waals surface area contributed by atoms with Crippen LogP contribution >= 0.6 is 0 Å². The summed E-state index contributed by atoms with van der Waals surface area (Å²) in [6.45, 7) is 0.975. The van der Waals surface area contributed by atoms with Crippen molar-refractivity contribution in [3.05, 3.63) is 75.8 Å². The molecule has 1 atom stereocenters. The molecule has 1 aromatic heterocycles. The van der Waals surface area contributed by atoms with Gasteiger partial charge in [0.25, 0.3) is 11.5 Å². The molecule has 2 aliphatic rings. The number of hydrogen-bond donors (Lipinski definition) is 1. The third-order valence-corrected chi connectivity index (χ3v) is 6.89. The number of aromatic nitrogens is 2. The van der Waals surface area contributed by atoms with E-state index in [4.69, 9.17) is 9.47 Å². The minimum atomic E-state index is -0.621. The van der Waals surface area contributed by atoms with E-state index < -0.39 is 17.3 Å². The molecule has 35 heavy (non-hydrogen) atoms. The number of amides is 1. The molecule has 2 fully saturated rings. The zero-order valence-corrected chi connectivity index (χ0v) is 19.9. The van der Waals surface area contributed by atoms with Gasteiger partial charge >= 0.3 is 0 Å². The summed E-state index contributed by atoms with van der Waals surface area (Å²) in [6.07, 6.45) is 3.38. The molecule has 1 saturated heterocycles. The number of methoxy groups -OCH3 is 2. The normalized spacial score (nSPS) is 17.4. The van der Waals surface area contributed by atoms with E-state index in [0.717, 1.165) is 24.8 Å². The first-order valence-corrected chi connectivity index (χ1v) is 11.9. The Balaban J connectivity index is 1.59. The van der Waals surface area contributed by atoms with E-state index in [1.54, 1.807) is 23.1 Å². The molecule has 1 N–H and O–H groups in total. The molecule has 0 radical (unpaired) electrons. The summed E-state index contributed by atoms with van der Waals surface area (Å²) in [5, 5.41) is 10.8. The quantitative estimate of drug-likeness (QED) is 0.562. The fourth-order valence-electron chi connectivity index (χ4n) is 4.84. The first kappa shape index (κ1) is 23.0. The molecule has 1 aliphatic heterocycles. The van der Waals surface area contributed by atoms with Gasteiger partial charge in [0, 0.05) is 25.4 Å². The van der Waals surface area contributed by atoms with Gasteiger partial charge in [-0.25, -0.2) is 0 Å². The molecule has 1 aliphatic carbocycles. The van der Waals surface area contributed by atoms with Gasteiger partial charge in [-0.2, -0.15) is 4.98 Å². The molecule has 5 rings (SSSR count). The summed E-state index contributed by atoms with van der Waals surface area (Å²) >= 11 is 0. The van der Waals surface area contributed by atoms with Crippen LogP contribution in [0.1, 0.15) is 46.9 Å². The molecule has 8 heteroatoms. The molecule has 0 bridgehead atoms. The molecule has 0 spiro atoms. The second kappa shape index (κ2) is 9.44. The van der Waals surface area contributed by atoms with Gasteiger partial charge in [-0.15, -0.1) is 0 Å². The second-order valence-electron chi connectivity index (χ2n) is 9.17. The van der Waals surface area contributed by atoms with Crippen LogP contribution in [-0.4, -0.2) is 52.8 Å². The lowest BCUT2D eigenvalue weighted by Gasteiger charge is -2.21. The number of nitrogens with zero attached hydrogens (tertiary/aromatic N) is 3. The Morgan fingerprint density at radius 1 is 1.03 bits per heavy atom. The van der Waals surface area contributed by atoms with Gasteiger partial charge in [-0.05, 0) is 42.9 Å². The van der Waals surface area contributed by atoms with Crippen LogP contribution in [0.4, 0.5) is 0 Å². The number of carbonyl (C=O) groups excluding carboxylic acids is 1. The van der Waals surface area contributed by atoms with Crippen molar-refractivity contribution in [2.75, 3.05) is 27.3 Å². The van der Waals surface area contributed by atoms with Gasteiger partial charge in [0.1, 0.15) is 23.0 Å². The molecule has 2 aromatic carbocycles. The van der Waals surface area contributed by atoms with Crippen molar-refractivity contribution < 1.29 is 19.4 Å². The number of likely N-dealkylation sites (tertiary alicyclic amines) is 1. The maximum Gasteiger partial charge on any atom is 0.275 e. The summed E-state index contributed by atoms with van der Waals surface area (Å²) in [4.78, 5) is 33.5. The van der Waals surface area contributed by atoms with Crippen molar-refractivity contribution in [1.29, 1.82) is 0 Å². The van der Waals surface area contributed by atoms with Crippen molar-refractivity contribution in [3.63, 3.8) is 0 Å². The van der Waals surface area contributed by atoms with Crippen LogP contribution in [0.2, 0.25) is 0 Å². The first-order chi connectivity index (χ1) is 17.0. The molecule has 8 nitrogen and oxygen atoms in total. The highest BCUT2D eigenvalue weighted by molar-refractivity contribution is 5.96. The zero-order chi connectivity index (χ0) is 24.5. The van der Waals surface area contributed by atoms with Crippen LogP contribution < -0.4 is 15.0 Å². The van der Waals surface area contributed by atoms with Crippen LogP contribution in [-0.2, 0) is 6.42 Å². The SMILES string of the molecule is COc1cccc(OC)c1-n1c(CC2CC2)nc(O)c(C(=O)N2CCC(c3ccccc3)C2)c1=O. The molecule has 1 unspecified atom stereocenters. The van der Waals surface area contributed by atoms with Crippen molar-refractivity contribution in [3.8, 4) is 23.1 Å². The summed E-state index contributed by atoms with van der Waals surface area (Å²) in [7, 11) is 3.02. The Bertz CT molecular complexity index is 1280. The largest absolute Gasteiger partial charge is 0.494 e. The van der Waals surface area contributed by atoms with Crippen LogP contribution in [0.3, 0.4) is 0 Å². The Morgan fingerprint density at radius 3 is 2.34 bits per heavy atom. The fraction of sp³-hybridized carbons (Fsp3) is 0.370. The van der Waals surface area contributed by atoms with E-state index in [1.165, 1.54) is 18.8 Å². The lowest BCUT2D eigenvalue weighted by molar-refractivity contribution is 0.0784. The number of rotatable bonds is 7. The highest BCUT2D eigenvalue weighted by atomic mass is 16.5. The molecule has 1 saturated carbocycles. The Kier molecular flexibility index (Phi) is 6.19. The topological polar surface area (TPSA) is 93.9 Å². The van der Waals surface area contributed by atoms with E-state index in [2.05, 4.69) is 4.98 Å². The van der Waals surface area contributed by atoms with E-state index in [0.29, 0.717) is 48.4 Å². The zero-order valence-electron chi connectivity index (χ0n) is 19.9.